The molecule has 1 saturated heterocycles. The van der Waals surface area contributed by atoms with Crippen molar-refractivity contribution in [1.29, 1.82) is 0 Å². The summed E-state index contributed by atoms with van der Waals surface area (Å²) in [5.41, 5.74) is 1.16. The van der Waals surface area contributed by atoms with Gasteiger partial charge in [-0.1, -0.05) is 6.07 Å². The Balaban J connectivity index is 2.01. The quantitative estimate of drug-likeness (QED) is 0.882. The minimum atomic E-state index is -0.170. The molecular weight excluding hydrogens is 282 g/mol. The molecule has 6 nitrogen and oxygen atoms in total. The predicted octanol–water partition coefficient (Wildman–Crippen LogP) is 1.24. The Morgan fingerprint density at radius 2 is 1.86 bits per heavy atom. The Kier molecular flexibility index (Phi) is 5.14. The van der Waals surface area contributed by atoms with Crippen molar-refractivity contribution in [1.82, 2.24) is 10.2 Å². The standard InChI is InChI=1S/C16H21N3O3/c1-11(20)18-14-5-3-4-13(10-14)16(22)19-8-6-12(7-9-19)15(21)17-2/h3-5,10,12H,6-9H2,1-2H3,(H,17,21)(H,18,20). The highest BCUT2D eigenvalue weighted by Crippen LogP contribution is 2.20. The molecule has 0 unspecified atom stereocenters. The average molecular weight is 303 g/mol. The van der Waals surface area contributed by atoms with Gasteiger partial charge in [-0.2, -0.15) is 0 Å². The van der Waals surface area contributed by atoms with Crippen LogP contribution in [0.15, 0.2) is 24.3 Å². The van der Waals surface area contributed by atoms with Gasteiger partial charge in [0.05, 0.1) is 0 Å². The Labute approximate surface area is 129 Å². The zero-order chi connectivity index (χ0) is 16.1. The molecule has 22 heavy (non-hydrogen) atoms. The van der Waals surface area contributed by atoms with Crippen LogP contribution in [0.3, 0.4) is 0 Å². The van der Waals surface area contributed by atoms with E-state index < -0.39 is 0 Å². The number of piperidine rings is 1. The molecule has 1 aromatic carbocycles. The van der Waals surface area contributed by atoms with E-state index in [2.05, 4.69) is 10.6 Å². The van der Waals surface area contributed by atoms with E-state index in [1.54, 1.807) is 36.2 Å². The van der Waals surface area contributed by atoms with E-state index in [1.807, 2.05) is 0 Å². The summed E-state index contributed by atoms with van der Waals surface area (Å²) in [6.07, 6.45) is 1.35. The molecule has 0 aliphatic carbocycles. The van der Waals surface area contributed by atoms with Crippen molar-refractivity contribution in [3.05, 3.63) is 29.8 Å². The summed E-state index contributed by atoms with van der Waals surface area (Å²) >= 11 is 0. The molecule has 0 aromatic heterocycles. The molecular formula is C16H21N3O3. The molecule has 0 atom stereocenters. The average Bonchev–Trinajstić information content (AvgIpc) is 2.53. The lowest BCUT2D eigenvalue weighted by atomic mass is 9.95. The van der Waals surface area contributed by atoms with E-state index in [0.29, 0.717) is 37.2 Å². The van der Waals surface area contributed by atoms with Crippen LogP contribution in [0.2, 0.25) is 0 Å². The molecule has 0 spiro atoms. The zero-order valence-electron chi connectivity index (χ0n) is 12.9. The molecule has 1 aliphatic rings. The molecule has 1 heterocycles. The van der Waals surface area contributed by atoms with Gasteiger partial charge in [0, 0.05) is 44.2 Å². The summed E-state index contributed by atoms with van der Waals surface area (Å²) in [4.78, 5) is 36.9. The van der Waals surface area contributed by atoms with Crippen molar-refractivity contribution >= 4 is 23.4 Å². The van der Waals surface area contributed by atoms with Crippen LogP contribution in [-0.4, -0.2) is 42.8 Å². The molecule has 1 aromatic rings. The minimum absolute atomic E-state index is 0.0141. The zero-order valence-corrected chi connectivity index (χ0v) is 12.9. The lowest BCUT2D eigenvalue weighted by Gasteiger charge is -2.31. The normalized spacial score (nSPS) is 15.3. The highest BCUT2D eigenvalue weighted by Gasteiger charge is 2.27. The summed E-state index contributed by atoms with van der Waals surface area (Å²) in [6, 6.07) is 6.90. The van der Waals surface area contributed by atoms with Crippen molar-refractivity contribution in [3.8, 4) is 0 Å². The van der Waals surface area contributed by atoms with Gasteiger partial charge >= 0.3 is 0 Å². The first-order chi connectivity index (χ1) is 10.5. The topological polar surface area (TPSA) is 78.5 Å². The number of carbonyl (C=O) groups is 3. The fraction of sp³-hybridized carbons (Fsp3) is 0.438. The van der Waals surface area contributed by atoms with Crippen LogP contribution in [0.1, 0.15) is 30.1 Å². The first kappa shape index (κ1) is 16.0. The van der Waals surface area contributed by atoms with Crippen molar-refractivity contribution in [2.75, 3.05) is 25.5 Å². The summed E-state index contributed by atoms with van der Waals surface area (Å²) < 4.78 is 0. The third kappa shape index (κ3) is 3.84. The van der Waals surface area contributed by atoms with Crippen LogP contribution in [0, 0.1) is 5.92 Å². The number of anilines is 1. The number of nitrogens with zero attached hydrogens (tertiary/aromatic N) is 1. The largest absolute Gasteiger partial charge is 0.359 e. The Morgan fingerprint density at radius 3 is 2.45 bits per heavy atom. The maximum absolute atomic E-state index is 12.5. The number of hydrogen-bond acceptors (Lipinski definition) is 3. The smallest absolute Gasteiger partial charge is 0.253 e. The highest BCUT2D eigenvalue weighted by atomic mass is 16.2. The maximum atomic E-state index is 12.5. The Hall–Kier alpha value is -2.37. The SMILES string of the molecule is CNC(=O)C1CCN(C(=O)c2cccc(NC(C)=O)c2)CC1. The fourth-order valence-corrected chi connectivity index (χ4v) is 2.66. The molecule has 2 rings (SSSR count). The van der Waals surface area contributed by atoms with Gasteiger partial charge < -0.3 is 15.5 Å². The van der Waals surface area contributed by atoms with E-state index in [0.717, 1.165) is 0 Å². The molecule has 1 fully saturated rings. The number of hydrogen-bond donors (Lipinski definition) is 2. The highest BCUT2D eigenvalue weighted by molar-refractivity contribution is 5.97. The van der Waals surface area contributed by atoms with E-state index in [1.165, 1.54) is 6.92 Å². The van der Waals surface area contributed by atoms with Crippen LogP contribution in [0.5, 0.6) is 0 Å². The van der Waals surface area contributed by atoms with Gasteiger partial charge in [-0.25, -0.2) is 0 Å². The van der Waals surface area contributed by atoms with Crippen molar-refractivity contribution in [2.24, 2.45) is 5.92 Å². The number of rotatable bonds is 3. The molecule has 0 bridgehead atoms. The van der Waals surface area contributed by atoms with Crippen LogP contribution in [0.25, 0.3) is 0 Å². The maximum Gasteiger partial charge on any atom is 0.253 e. The van der Waals surface area contributed by atoms with Crippen molar-refractivity contribution in [3.63, 3.8) is 0 Å². The van der Waals surface area contributed by atoms with Crippen molar-refractivity contribution < 1.29 is 14.4 Å². The number of carbonyl (C=O) groups excluding carboxylic acids is 3. The summed E-state index contributed by atoms with van der Waals surface area (Å²) in [7, 11) is 1.63. The third-order valence-electron chi connectivity index (χ3n) is 3.83. The second-order valence-corrected chi connectivity index (χ2v) is 5.44. The summed E-state index contributed by atoms with van der Waals surface area (Å²) in [5.74, 6) is -0.210. The van der Waals surface area contributed by atoms with Gasteiger partial charge in [0.15, 0.2) is 0 Å². The molecule has 2 N–H and O–H groups in total. The van der Waals surface area contributed by atoms with Gasteiger partial charge in [-0.15, -0.1) is 0 Å². The van der Waals surface area contributed by atoms with Crippen molar-refractivity contribution in [2.45, 2.75) is 19.8 Å². The van der Waals surface area contributed by atoms with Crippen LogP contribution >= 0.6 is 0 Å². The number of likely N-dealkylation sites (tertiary alicyclic amines) is 1. The number of amides is 3. The molecule has 0 saturated carbocycles. The second-order valence-electron chi connectivity index (χ2n) is 5.44. The molecule has 118 valence electrons. The summed E-state index contributed by atoms with van der Waals surface area (Å²) in [5, 5.41) is 5.32. The first-order valence-electron chi connectivity index (χ1n) is 7.39. The fourth-order valence-electron chi connectivity index (χ4n) is 2.66. The van der Waals surface area contributed by atoms with E-state index in [-0.39, 0.29) is 23.6 Å². The molecule has 0 radical (unpaired) electrons. The third-order valence-corrected chi connectivity index (χ3v) is 3.83. The number of benzene rings is 1. The molecule has 6 heteroatoms. The van der Waals surface area contributed by atoms with Crippen LogP contribution in [-0.2, 0) is 9.59 Å². The van der Waals surface area contributed by atoms with E-state index in [4.69, 9.17) is 0 Å². The van der Waals surface area contributed by atoms with Crippen LogP contribution in [0.4, 0.5) is 5.69 Å². The van der Waals surface area contributed by atoms with Gasteiger partial charge in [0.2, 0.25) is 11.8 Å². The van der Waals surface area contributed by atoms with E-state index in [9.17, 15) is 14.4 Å². The Morgan fingerprint density at radius 1 is 1.18 bits per heavy atom. The monoisotopic (exact) mass is 303 g/mol. The van der Waals surface area contributed by atoms with Gasteiger partial charge in [0.25, 0.3) is 5.91 Å². The van der Waals surface area contributed by atoms with Gasteiger partial charge in [-0.3, -0.25) is 14.4 Å². The first-order valence-corrected chi connectivity index (χ1v) is 7.39. The lowest BCUT2D eigenvalue weighted by Crippen LogP contribution is -2.42. The number of nitrogens with one attached hydrogen (secondary N) is 2. The Bertz CT molecular complexity index is 578. The van der Waals surface area contributed by atoms with Gasteiger partial charge in [0.1, 0.15) is 0 Å². The van der Waals surface area contributed by atoms with E-state index >= 15 is 0 Å². The minimum Gasteiger partial charge on any atom is -0.359 e. The molecule has 1 aliphatic heterocycles. The summed E-state index contributed by atoms with van der Waals surface area (Å²) in [6.45, 7) is 2.57. The van der Waals surface area contributed by atoms with Crippen LogP contribution < -0.4 is 10.6 Å². The molecule has 3 amide bonds. The predicted molar refractivity (Wildman–Crippen MR) is 83.4 cm³/mol. The lowest BCUT2D eigenvalue weighted by molar-refractivity contribution is -0.125. The van der Waals surface area contributed by atoms with Gasteiger partial charge in [-0.05, 0) is 31.0 Å². The second kappa shape index (κ2) is 7.06.